The number of benzene rings is 2. The third-order valence-corrected chi connectivity index (χ3v) is 5.87. The van der Waals surface area contributed by atoms with Crippen molar-refractivity contribution in [2.75, 3.05) is 10.0 Å². The minimum Gasteiger partial charge on any atom is -0.325 e. The summed E-state index contributed by atoms with van der Waals surface area (Å²) >= 11 is 6.04. The smallest absolute Gasteiger partial charge is 0.263 e. The Morgan fingerprint density at radius 1 is 1.04 bits per heavy atom. The lowest BCUT2D eigenvalue weighted by Crippen LogP contribution is -2.14. The van der Waals surface area contributed by atoms with Crippen LogP contribution in [0.2, 0.25) is 5.02 Å². The lowest BCUT2D eigenvalue weighted by molar-refractivity contribution is -0.114. The van der Waals surface area contributed by atoms with Crippen molar-refractivity contribution in [1.29, 1.82) is 0 Å². The van der Waals surface area contributed by atoms with Gasteiger partial charge in [0.1, 0.15) is 4.90 Å². The van der Waals surface area contributed by atoms with Crippen molar-refractivity contribution in [3.05, 3.63) is 71.5 Å². The molecule has 0 spiro atoms. The molecule has 1 aromatic heterocycles. The van der Waals surface area contributed by atoms with Crippen LogP contribution in [-0.4, -0.2) is 19.3 Å². The van der Waals surface area contributed by atoms with E-state index in [4.69, 9.17) is 11.6 Å². The van der Waals surface area contributed by atoms with Gasteiger partial charge in [-0.1, -0.05) is 35.9 Å². The second-order valence-corrected chi connectivity index (χ2v) is 8.27. The molecule has 0 atom stereocenters. The standard InChI is InChI=1S/C20H18ClN3O3S/c1-13-7-8-15(16-9-17(12-22-11-16)23-14(2)25)10-19(13)24-28(26,27)20-6-4-3-5-18(20)21/h3-12,24H,1-2H3,(H,23,25). The molecule has 0 saturated carbocycles. The highest BCUT2D eigenvalue weighted by Crippen LogP contribution is 2.29. The molecule has 0 saturated heterocycles. The zero-order valence-electron chi connectivity index (χ0n) is 15.2. The molecule has 0 unspecified atom stereocenters. The Morgan fingerprint density at radius 3 is 2.50 bits per heavy atom. The molecule has 0 fully saturated rings. The average Bonchev–Trinajstić information content (AvgIpc) is 2.63. The summed E-state index contributed by atoms with van der Waals surface area (Å²) in [5.41, 5.74) is 3.24. The van der Waals surface area contributed by atoms with Crippen LogP contribution in [-0.2, 0) is 14.8 Å². The van der Waals surface area contributed by atoms with Gasteiger partial charge >= 0.3 is 0 Å². The molecule has 2 N–H and O–H groups in total. The number of aromatic nitrogens is 1. The summed E-state index contributed by atoms with van der Waals surface area (Å²) in [7, 11) is -3.84. The van der Waals surface area contributed by atoms with Gasteiger partial charge in [-0.05, 0) is 42.3 Å². The maximum absolute atomic E-state index is 12.7. The molecule has 28 heavy (non-hydrogen) atoms. The van der Waals surface area contributed by atoms with Gasteiger partial charge in [-0.15, -0.1) is 0 Å². The van der Waals surface area contributed by atoms with Crippen molar-refractivity contribution in [3.8, 4) is 11.1 Å². The Morgan fingerprint density at radius 2 is 1.79 bits per heavy atom. The van der Waals surface area contributed by atoms with E-state index in [1.165, 1.54) is 19.1 Å². The predicted molar refractivity (Wildman–Crippen MR) is 111 cm³/mol. The number of halogens is 1. The van der Waals surface area contributed by atoms with E-state index >= 15 is 0 Å². The van der Waals surface area contributed by atoms with Gasteiger partial charge in [-0.25, -0.2) is 8.42 Å². The quantitative estimate of drug-likeness (QED) is 0.643. The zero-order chi connectivity index (χ0) is 20.3. The third kappa shape index (κ3) is 4.49. The van der Waals surface area contributed by atoms with Crippen molar-refractivity contribution < 1.29 is 13.2 Å². The molecule has 0 aliphatic carbocycles. The number of sulfonamides is 1. The Labute approximate surface area is 168 Å². The number of anilines is 2. The van der Waals surface area contributed by atoms with Crippen molar-refractivity contribution in [1.82, 2.24) is 4.98 Å². The van der Waals surface area contributed by atoms with E-state index in [1.807, 2.05) is 12.1 Å². The summed E-state index contributed by atoms with van der Waals surface area (Å²) in [6, 6.07) is 13.4. The van der Waals surface area contributed by atoms with Gasteiger partial charge in [0.15, 0.2) is 0 Å². The zero-order valence-corrected chi connectivity index (χ0v) is 16.8. The lowest BCUT2D eigenvalue weighted by atomic mass is 10.0. The van der Waals surface area contributed by atoms with Crippen LogP contribution in [0.15, 0.2) is 65.8 Å². The molecule has 1 amide bonds. The maximum Gasteiger partial charge on any atom is 0.263 e. The molecule has 0 aliphatic rings. The van der Waals surface area contributed by atoms with Gasteiger partial charge in [0.25, 0.3) is 10.0 Å². The summed E-state index contributed by atoms with van der Waals surface area (Å²) in [4.78, 5) is 15.4. The summed E-state index contributed by atoms with van der Waals surface area (Å²) in [5.74, 6) is -0.198. The Kier molecular flexibility index (Phi) is 5.67. The summed E-state index contributed by atoms with van der Waals surface area (Å²) < 4.78 is 28.1. The van der Waals surface area contributed by atoms with Crippen LogP contribution >= 0.6 is 11.6 Å². The fraction of sp³-hybridized carbons (Fsp3) is 0.100. The number of pyridine rings is 1. The molecular weight excluding hydrogens is 398 g/mol. The molecule has 144 valence electrons. The SMILES string of the molecule is CC(=O)Nc1cncc(-c2ccc(C)c(NS(=O)(=O)c3ccccc3Cl)c2)c1. The van der Waals surface area contributed by atoms with Crippen LogP contribution in [0.1, 0.15) is 12.5 Å². The number of nitrogens with one attached hydrogen (secondary N) is 2. The molecule has 2 aromatic carbocycles. The van der Waals surface area contributed by atoms with Crippen molar-refractivity contribution in [2.45, 2.75) is 18.7 Å². The highest BCUT2D eigenvalue weighted by Gasteiger charge is 2.18. The van der Waals surface area contributed by atoms with Crippen LogP contribution < -0.4 is 10.0 Å². The topological polar surface area (TPSA) is 88.2 Å². The Hall–Kier alpha value is -2.90. The highest BCUT2D eigenvalue weighted by atomic mass is 35.5. The Balaban J connectivity index is 1.97. The molecule has 0 aliphatic heterocycles. The van der Waals surface area contributed by atoms with Crippen LogP contribution in [0.25, 0.3) is 11.1 Å². The monoisotopic (exact) mass is 415 g/mol. The largest absolute Gasteiger partial charge is 0.325 e. The van der Waals surface area contributed by atoms with Gasteiger partial charge in [-0.2, -0.15) is 0 Å². The second kappa shape index (κ2) is 8.00. The van der Waals surface area contributed by atoms with Gasteiger partial charge in [0.05, 0.1) is 22.6 Å². The first kappa shape index (κ1) is 19.9. The summed E-state index contributed by atoms with van der Waals surface area (Å²) in [5, 5.41) is 2.83. The summed E-state index contributed by atoms with van der Waals surface area (Å²) in [6.07, 6.45) is 3.18. The number of amides is 1. The normalized spacial score (nSPS) is 11.1. The van der Waals surface area contributed by atoms with E-state index in [1.54, 1.807) is 43.6 Å². The predicted octanol–water partition coefficient (Wildman–Crippen LogP) is 4.47. The molecule has 1 heterocycles. The molecule has 6 nitrogen and oxygen atoms in total. The molecular formula is C20H18ClN3O3S. The van der Waals surface area contributed by atoms with Crippen molar-refractivity contribution in [2.24, 2.45) is 0 Å². The molecule has 0 bridgehead atoms. The first-order valence-electron chi connectivity index (χ1n) is 8.37. The number of rotatable bonds is 5. The van der Waals surface area contributed by atoms with Crippen LogP contribution in [0, 0.1) is 6.92 Å². The van der Waals surface area contributed by atoms with Crippen LogP contribution in [0.4, 0.5) is 11.4 Å². The van der Waals surface area contributed by atoms with Crippen molar-refractivity contribution >= 4 is 38.9 Å². The van der Waals surface area contributed by atoms with Gasteiger partial charge in [0.2, 0.25) is 5.91 Å². The number of aryl methyl sites for hydroxylation is 1. The van der Waals surface area contributed by atoms with E-state index in [-0.39, 0.29) is 15.8 Å². The van der Waals surface area contributed by atoms with E-state index in [2.05, 4.69) is 15.0 Å². The Bertz CT molecular complexity index is 1150. The number of carbonyl (C=O) groups excluding carboxylic acids is 1. The van der Waals surface area contributed by atoms with Gasteiger partial charge in [0, 0.05) is 18.7 Å². The van der Waals surface area contributed by atoms with Crippen LogP contribution in [0.5, 0.6) is 0 Å². The molecule has 3 rings (SSSR count). The van der Waals surface area contributed by atoms with Gasteiger partial charge < -0.3 is 5.32 Å². The van der Waals surface area contributed by atoms with Crippen molar-refractivity contribution in [3.63, 3.8) is 0 Å². The molecule has 8 heteroatoms. The summed E-state index contributed by atoms with van der Waals surface area (Å²) in [6.45, 7) is 3.22. The first-order chi connectivity index (χ1) is 13.3. The minimum atomic E-state index is -3.84. The number of nitrogens with zero attached hydrogens (tertiary/aromatic N) is 1. The van der Waals surface area contributed by atoms with Crippen LogP contribution in [0.3, 0.4) is 0 Å². The highest BCUT2D eigenvalue weighted by molar-refractivity contribution is 7.92. The van der Waals surface area contributed by atoms with Gasteiger partial charge in [-0.3, -0.25) is 14.5 Å². The number of carbonyl (C=O) groups is 1. The van der Waals surface area contributed by atoms with E-state index in [0.29, 0.717) is 11.4 Å². The first-order valence-corrected chi connectivity index (χ1v) is 10.2. The fourth-order valence-electron chi connectivity index (χ4n) is 2.64. The van der Waals surface area contributed by atoms with E-state index < -0.39 is 10.0 Å². The minimum absolute atomic E-state index is 0.00999. The maximum atomic E-state index is 12.7. The average molecular weight is 416 g/mol. The lowest BCUT2D eigenvalue weighted by Gasteiger charge is -2.13. The van der Waals surface area contributed by atoms with E-state index in [9.17, 15) is 13.2 Å². The number of hydrogen-bond acceptors (Lipinski definition) is 4. The second-order valence-electron chi connectivity index (χ2n) is 6.21. The molecule has 0 radical (unpaired) electrons. The van der Waals surface area contributed by atoms with E-state index in [0.717, 1.165) is 16.7 Å². The molecule has 3 aromatic rings. The fourth-order valence-corrected chi connectivity index (χ4v) is 4.29. The number of hydrogen-bond donors (Lipinski definition) is 2. The third-order valence-electron chi connectivity index (χ3n) is 4.00.